The van der Waals surface area contributed by atoms with Crippen molar-refractivity contribution in [3.8, 4) is 28.6 Å². The van der Waals surface area contributed by atoms with E-state index in [2.05, 4.69) is 6.58 Å². The summed E-state index contributed by atoms with van der Waals surface area (Å²) in [5.41, 5.74) is 1.73. The fraction of sp³-hybridized carbons (Fsp3) is 0.258. The summed E-state index contributed by atoms with van der Waals surface area (Å²) >= 11 is 0. The van der Waals surface area contributed by atoms with Crippen LogP contribution in [-0.4, -0.2) is 17.8 Å². The minimum Gasteiger partial charge on any atom is -0.507 e. The van der Waals surface area contributed by atoms with Gasteiger partial charge in [0, 0.05) is 11.6 Å². The Morgan fingerprint density at radius 2 is 1.89 bits per heavy atom. The fourth-order valence-electron chi connectivity index (χ4n) is 4.28. The summed E-state index contributed by atoms with van der Waals surface area (Å²) in [6, 6.07) is 8.70. The predicted molar refractivity (Wildman–Crippen MR) is 147 cm³/mol. The average Bonchev–Trinajstić information content (AvgIpc) is 2.85. The molecule has 1 N–H and O–H groups in total. The second kappa shape index (κ2) is 10.1. The maximum Gasteiger partial charge on any atom is 0.204 e. The van der Waals surface area contributed by atoms with Gasteiger partial charge in [-0.25, -0.2) is 0 Å². The Morgan fingerprint density at radius 3 is 2.49 bits per heavy atom. The third-order valence-electron chi connectivity index (χ3n) is 6.08. The minimum absolute atomic E-state index is 0.0651. The fourth-order valence-corrected chi connectivity index (χ4v) is 4.28. The summed E-state index contributed by atoms with van der Waals surface area (Å²) in [7, 11) is 1.59. The van der Waals surface area contributed by atoms with E-state index in [1.54, 1.807) is 31.4 Å². The Hall–Kier alpha value is -4.19. The van der Waals surface area contributed by atoms with Crippen LogP contribution in [0.4, 0.5) is 0 Å². The van der Waals surface area contributed by atoms with Crippen LogP contribution in [0.25, 0.3) is 28.4 Å². The zero-order valence-electron chi connectivity index (χ0n) is 22.0. The van der Waals surface area contributed by atoms with Gasteiger partial charge in [-0.15, -0.1) is 0 Å². The second-order valence-corrected chi connectivity index (χ2v) is 9.63. The number of phenols is 1. The number of hydrogen-bond donors (Lipinski definition) is 1. The van der Waals surface area contributed by atoms with Crippen LogP contribution in [0.3, 0.4) is 0 Å². The number of hydrogen-bond acceptors (Lipinski definition) is 6. The van der Waals surface area contributed by atoms with E-state index >= 15 is 0 Å². The van der Waals surface area contributed by atoms with Crippen LogP contribution in [0.5, 0.6) is 17.2 Å². The molecular weight excluding hydrogens is 468 g/mol. The molecule has 0 saturated carbocycles. The van der Waals surface area contributed by atoms with Crippen molar-refractivity contribution in [1.29, 1.82) is 0 Å². The molecule has 0 unspecified atom stereocenters. The maximum atomic E-state index is 14.2. The number of phenolic OH excluding ortho intramolecular Hbond substituents is 1. The first kappa shape index (κ1) is 25.9. The van der Waals surface area contributed by atoms with Crippen LogP contribution in [0, 0.1) is 0 Å². The van der Waals surface area contributed by atoms with Crippen molar-refractivity contribution in [1.82, 2.24) is 0 Å². The average molecular weight is 501 g/mol. The van der Waals surface area contributed by atoms with Gasteiger partial charge in [-0.2, -0.15) is 0 Å². The van der Waals surface area contributed by atoms with Gasteiger partial charge in [0.15, 0.2) is 5.58 Å². The molecule has 6 nitrogen and oxygen atoms in total. The molecule has 1 atom stereocenters. The van der Waals surface area contributed by atoms with Gasteiger partial charge >= 0.3 is 0 Å². The molecule has 0 saturated heterocycles. The Kier molecular flexibility index (Phi) is 7.03. The molecule has 6 heteroatoms. The van der Waals surface area contributed by atoms with E-state index < -0.39 is 17.1 Å². The number of methoxy groups -OCH3 is 1. The smallest absolute Gasteiger partial charge is 0.204 e. The van der Waals surface area contributed by atoms with Crippen LogP contribution in [0.15, 0.2) is 81.8 Å². The molecule has 1 aliphatic heterocycles. The van der Waals surface area contributed by atoms with E-state index in [1.807, 2.05) is 65.0 Å². The van der Waals surface area contributed by atoms with Crippen LogP contribution in [0.1, 0.15) is 51.8 Å². The highest BCUT2D eigenvalue weighted by Gasteiger charge is 2.30. The van der Waals surface area contributed by atoms with Crippen molar-refractivity contribution in [3.63, 3.8) is 0 Å². The molecule has 37 heavy (non-hydrogen) atoms. The molecule has 4 rings (SSSR count). The number of rotatable bonds is 7. The van der Waals surface area contributed by atoms with Gasteiger partial charge in [-0.3, -0.25) is 4.79 Å². The van der Waals surface area contributed by atoms with Gasteiger partial charge in [0.25, 0.3) is 0 Å². The monoisotopic (exact) mass is 500 g/mol. The largest absolute Gasteiger partial charge is 0.507 e. The third kappa shape index (κ3) is 5.05. The van der Waals surface area contributed by atoms with Crippen molar-refractivity contribution in [2.75, 3.05) is 7.11 Å². The van der Waals surface area contributed by atoms with Crippen molar-refractivity contribution in [2.24, 2.45) is 0 Å². The SMILES string of the molecule is C=CC(=CC)O[C@H](C=C(C)C)c1c(-c2ccc(OC)cc2)oc2c3c(cc(O)c2c1=O)OC(C)(C)C=C3. The van der Waals surface area contributed by atoms with E-state index in [1.165, 1.54) is 6.07 Å². The van der Waals surface area contributed by atoms with Crippen LogP contribution >= 0.6 is 0 Å². The Labute approximate surface area is 216 Å². The quantitative estimate of drug-likeness (QED) is 0.206. The molecule has 0 fully saturated rings. The summed E-state index contributed by atoms with van der Waals surface area (Å²) in [6.45, 7) is 13.3. The lowest BCUT2D eigenvalue weighted by atomic mass is 9.95. The van der Waals surface area contributed by atoms with Gasteiger partial charge in [0.05, 0.1) is 18.2 Å². The van der Waals surface area contributed by atoms with E-state index in [4.69, 9.17) is 18.6 Å². The van der Waals surface area contributed by atoms with Gasteiger partial charge < -0.3 is 23.7 Å². The lowest BCUT2D eigenvalue weighted by Crippen LogP contribution is -2.27. The van der Waals surface area contributed by atoms with Crippen molar-refractivity contribution >= 4 is 17.0 Å². The highest BCUT2D eigenvalue weighted by atomic mass is 16.5. The van der Waals surface area contributed by atoms with E-state index in [9.17, 15) is 9.90 Å². The highest BCUT2D eigenvalue weighted by Crippen LogP contribution is 2.43. The molecule has 2 aromatic carbocycles. The molecule has 0 aliphatic carbocycles. The van der Waals surface area contributed by atoms with Crippen LogP contribution in [0.2, 0.25) is 0 Å². The first-order valence-electron chi connectivity index (χ1n) is 12.1. The van der Waals surface area contributed by atoms with Gasteiger partial charge in [-0.05, 0) is 89.3 Å². The van der Waals surface area contributed by atoms with E-state index in [0.29, 0.717) is 34.1 Å². The molecule has 0 radical (unpaired) electrons. The second-order valence-electron chi connectivity index (χ2n) is 9.63. The Bertz CT molecular complexity index is 1500. The standard InChI is InChI=1S/C31H32O6/c1-8-20(9-2)35-25(16-18(3)4)27-28(33)26-23(32)17-24-22(14-15-31(5,6)37-24)30(26)36-29(27)19-10-12-21(34-7)13-11-19/h8-17,25,32H,1H2,2-7H3/t25-/m1/s1. The van der Waals surface area contributed by atoms with Gasteiger partial charge in [0.1, 0.15) is 45.9 Å². The summed E-state index contributed by atoms with van der Waals surface area (Å²) in [6.07, 6.45) is 8.16. The normalized spacial score (nSPS) is 14.9. The Balaban J connectivity index is 2.11. The topological polar surface area (TPSA) is 78.1 Å². The zero-order chi connectivity index (χ0) is 26.9. The zero-order valence-corrected chi connectivity index (χ0v) is 22.0. The lowest BCUT2D eigenvalue weighted by Gasteiger charge is -2.28. The first-order valence-corrected chi connectivity index (χ1v) is 12.1. The highest BCUT2D eigenvalue weighted by molar-refractivity contribution is 5.95. The van der Waals surface area contributed by atoms with Crippen LogP contribution in [-0.2, 0) is 4.74 Å². The molecule has 0 amide bonds. The molecule has 1 aliphatic rings. The molecule has 0 spiro atoms. The molecule has 1 aromatic heterocycles. The van der Waals surface area contributed by atoms with Gasteiger partial charge in [0.2, 0.25) is 5.43 Å². The van der Waals surface area contributed by atoms with Gasteiger partial charge in [-0.1, -0.05) is 12.2 Å². The summed E-state index contributed by atoms with van der Waals surface area (Å²) < 4.78 is 24.1. The summed E-state index contributed by atoms with van der Waals surface area (Å²) in [5, 5.41) is 11.1. The summed E-state index contributed by atoms with van der Waals surface area (Å²) in [5.74, 6) is 1.72. The van der Waals surface area contributed by atoms with Crippen molar-refractivity contribution in [2.45, 2.75) is 46.3 Å². The number of benzene rings is 2. The Morgan fingerprint density at radius 1 is 1.19 bits per heavy atom. The molecule has 2 heterocycles. The molecule has 0 bridgehead atoms. The number of fused-ring (bicyclic) bond motifs is 3. The van der Waals surface area contributed by atoms with E-state index in [-0.39, 0.29) is 22.3 Å². The maximum absolute atomic E-state index is 14.2. The third-order valence-corrected chi connectivity index (χ3v) is 6.08. The van der Waals surface area contributed by atoms with Crippen LogP contribution < -0.4 is 14.9 Å². The van der Waals surface area contributed by atoms with Crippen molar-refractivity contribution in [3.05, 3.63) is 93.9 Å². The first-order chi connectivity index (χ1) is 17.6. The lowest BCUT2D eigenvalue weighted by molar-refractivity contribution is 0.158. The predicted octanol–water partition coefficient (Wildman–Crippen LogP) is 7.47. The number of aromatic hydroxyl groups is 1. The number of allylic oxidation sites excluding steroid dienone is 3. The molecular formula is C31H32O6. The minimum atomic E-state index is -0.798. The summed E-state index contributed by atoms with van der Waals surface area (Å²) in [4.78, 5) is 14.2. The molecule has 192 valence electrons. The molecule has 3 aromatic rings. The van der Waals surface area contributed by atoms with Crippen molar-refractivity contribution < 1.29 is 23.7 Å². The number of ether oxygens (including phenoxy) is 3. The van der Waals surface area contributed by atoms with E-state index in [0.717, 1.165) is 5.57 Å².